The zero-order valence-electron chi connectivity index (χ0n) is 25.0. The van der Waals surface area contributed by atoms with Gasteiger partial charge in [0, 0.05) is 17.4 Å². The Hall–Kier alpha value is -4.64. The lowest BCUT2D eigenvalue weighted by Gasteiger charge is -2.32. The molecule has 0 N–H and O–H groups in total. The normalized spacial score (nSPS) is 14.3. The van der Waals surface area contributed by atoms with E-state index in [0.29, 0.717) is 25.6 Å². The van der Waals surface area contributed by atoms with Crippen LogP contribution in [0.5, 0.6) is 5.75 Å². The maximum atomic E-state index is 14.5. The van der Waals surface area contributed by atoms with Crippen molar-refractivity contribution >= 4 is 11.6 Å². The fourth-order valence-electron chi connectivity index (χ4n) is 5.99. The van der Waals surface area contributed by atoms with Crippen LogP contribution in [0.1, 0.15) is 71.9 Å². The molecule has 43 heavy (non-hydrogen) atoms. The summed E-state index contributed by atoms with van der Waals surface area (Å²) in [4.78, 5) is 16.5. The number of rotatable bonds is 10. The second-order valence-electron chi connectivity index (χ2n) is 11.7. The van der Waals surface area contributed by atoms with Crippen LogP contribution in [-0.4, -0.2) is 15.7 Å². The molecule has 1 aliphatic rings. The van der Waals surface area contributed by atoms with Crippen molar-refractivity contribution in [1.29, 1.82) is 0 Å². The number of carbonyl (C=O) groups excluding carboxylic acids is 1. The first-order valence-corrected chi connectivity index (χ1v) is 15.3. The summed E-state index contributed by atoms with van der Waals surface area (Å²) in [6.45, 7) is 6.05. The molecule has 0 saturated carbocycles. The molecule has 4 aromatic carbocycles. The predicted molar refractivity (Wildman–Crippen MR) is 172 cm³/mol. The predicted octanol–water partition coefficient (Wildman–Crippen LogP) is 8.29. The van der Waals surface area contributed by atoms with E-state index in [2.05, 4.69) is 79.7 Å². The van der Waals surface area contributed by atoms with Crippen molar-refractivity contribution in [3.05, 3.63) is 149 Å². The van der Waals surface area contributed by atoms with E-state index in [1.54, 1.807) is 0 Å². The summed E-state index contributed by atoms with van der Waals surface area (Å²) < 4.78 is 8.26. The lowest BCUT2D eigenvalue weighted by molar-refractivity contribution is -0.120. The summed E-state index contributed by atoms with van der Waals surface area (Å²) in [7, 11) is 0. The fourth-order valence-corrected chi connectivity index (χ4v) is 5.99. The Morgan fingerprint density at radius 2 is 1.60 bits per heavy atom. The molecule has 5 nitrogen and oxygen atoms in total. The summed E-state index contributed by atoms with van der Waals surface area (Å²) >= 11 is 0. The van der Waals surface area contributed by atoms with E-state index in [-0.39, 0.29) is 11.8 Å². The molecule has 1 amide bonds. The van der Waals surface area contributed by atoms with Gasteiger partial charge in [0.1, 0.15) is 12.4 Å². The molecular weight excluding hydrogens is 530 g/mol. The smallest absolute Gasteiger partial charge is 0.234 e. The first-order chi connectivity index (χ1) is 21.0. The highest BCUT2D eigenvalue weighted by atomic mass is 16.5. The van der Waals surface area contributed by atoms with Crippen LogP contribution in [0.2, 0.25) is 0 Å². The molecule has 0 aliphatic heterocycles. The molecule has 1 aromatic heterocycles. The molecule has 218 valence electrons. The molecule has 0 bridgehead atoms. The Kier molecular flexibility index (Phi) is 8.69. The van der Waals surface area contributed by atoms with E-state index in [0.717, 1.165) is 53.0 Å². The zero-order chi connectivity index (χ0) is 29.6. The SMILES string of the molecule is CC(C)c1ccc(N(Cc2cnn(Cc3ccccc3)c2)C(=O)C2CCCc3c(OCc4ccccc4)cccc32)cc1. The quantitative estimate of drug-likeness (QED) is 0.170. The first kappa shape index (κ1) is 28.5. The average molecular weight is 570 g/mol. The zero-order valence-corrected chi connectivity index (χ0v) is 25.0. The lowest BCUT2D eigenvalue weighted by Crippen LogP contribution is -2.36. The van der Waals surface area contributed by atoms with Crippen molar-refractivity contribution < 1.29 is 9.53 Å². The summed E-state index contributed by atoms with van der Waals surface area (Å²) in [5, 5.41) is 4.62. The van der Waals surface area contributed by atoms with Crippen LogP contribution in [-0.2, 0) is 30.9 Å². The molecule has 5 aromatic rings. The number of benzene rings is 4. The number of nitrogens with zero attached hydrogens (tertiary/aromatic N) is 3. The second kappa shape index (κ2) is 13.1. The Morgan fingerprint density at radius 3 is 2.33 bits per heavy atom. The minimum atomic E-state index is -0.229. The van der Waals surface area contributed by atoms with Gasteiger partial charge < -0.3 is 9.64 Å². The van der Waals surface area contributed by atoms with Gasteiger partial charge in [0.15, 0.2) is 0 Å². The van der Waals surface area contributed by atoms with E-state index in [4.69, 9.17) is 4.74 Å². The van der Waals surface area contributed by atoms with E-state index < -0.39 is 0 Å². The van der Waals surface area contributed by atoms with Crippen molar-refractivity contribution in [1.82, 2.24) is 9.78 Å². The lowest BCUT2D eigenvalue weighted by atomic mass is 9.81. The second-order valence-corrected chi connectivity index (χ2v) is 11.7. The number of hydrogen-bond donors (Lipinski definition) is 0. The minimum Gasteiger partial charge on any atom is -0.489 e. The molecule has 5 heteroatoms. The van der Waals surface area contributed by atoms with Crippen molar-refractivity contribution in [2.75, 3.05) is 4.90 Å². The number of anilines is 1. The first-order valence-electron chi connectivity index (χ1n) is 15.3. The van der Waals surface area contributed by atoms with Crippen LogP contribution in [0.25, 0.3) is 0 Å². The maximum Gasteiger partial charge on any atom is 0.234 e. The van der Waals surface area contributed by atoms with Crippen LogP contribution < -0.4 is 9.64 Å². The number of carbonyl (C=O) groups is 1. The Morgan fingerprint density at radius 1 is 0.884 bits per heavy atom. The molecule has 0 fully saturated rings. The van der Waals surface area contributed by atoms with Crippen molar-refractivity contribution in [3.8, 4) is 5.75 Å². The highest BCUT2D eigenvalue weighted by Crippen LogP contribution is 2.39. The summed E-state index contributed by atoms with van der Waals surface area (Å²) in [5.74, 6) is 1.20. The summed E-state index contributed by atoms with van der Waals surface area (Å²) in [6.07, 6.45) is 6.63. The van der Waals surface area contributed by atoms with Gasteiger partial charge in [-0.1, -0.05) is 98.8 Å². The number of fused-ring (bicyclic) bond motifs is 1. The average Bonchev–Trinajstić information content (AvgIpc) is 3.49. The Balaban J connectivity index is 1.27. The molecule has 1 aliphatic carbocycles. The van der Waals surface area contributed by atoms with Gasteiger partial charge in [-0.25, -0.2) is 0 Å². The standard InChI is InChI=1S/C38H39N3O2/c1-28(2)32-19-21-33(22-20-32)41(26-31-23-39-40(25-31)24-29-11-5-3-6-12-29)38(42)36-17-9-16-35-34(36)15-10-18-37(35)43-27-30-13-7-4-8-14-30/h3-8,10-15,18-23,25,28,36H,9,16-17,24,26-27H2,1-2H3. The van der Waals surface area contributed by atoms with Gasteiger partial charge in [-0.15, -0.1) is 0 Å². The van der Waals surface area contributed by atoms with Crippen molar-refractivity contribution in [2.24, 2.45) is 0 Å². The van der Waals surface area contributed by atoms with Crippen molar-refractivity contribution in [3.63, 3.8) is 0 Å². The van der Waals surface area contributed by atoms with Gasteiger partial charge in [-0.2, -0.15) is 5.10 Å². The highest BCUT2D eigenvalue weighted by molar-refractivity contribution is 5.98. The fraction of sp³-hybridized carbons (Fsp3) is 0.263. The number of amides is 1. The monoisotopic (exact) mass is 569 g/mol. The minimum absolute atomic E-state index is 0.120. The molecular formula is C38H39N3O2. The van der Waals surface area contributed by atoms with E-state index in [1.807, 2.05) is 64.3 Å². The van der Waals surface area contributed by atoms with E-state index >= 15 is 0 Å². The molecule has 0 radical (unpaired) electrons. The van der Waals surface area contributed by atoms with Crippen LogP contribution >= 0.6 is 0 Å². The molecule has 6 rings (SSSR count). The number of aromatic nitrogens is 2. The largest absolute Gasteiger partial charge is 0.489 e. The topological polar surface area (TPSA) is 47.4 Å². The molecule has 0 spiro atoms. The van der Waals surface area contributed by atoms with Gasteiger partial charge in [-0.3, -0.25) is 9.48 Å². The Labute approximate surface area is 254 Å². The van der Waals surface area contributed by atoms with Gasteiger partial charge in [0.05, 0.1) is 25.2 Å². The summed E-state index contributed by atoms with van der Waals surface area (Å²) in [5.41, 5.74) is 7.75. The number of ether oxygens (including phenoxy) is 1. The molecule has 1 heterocycles. The van der Waals surface area contributed by atoms with Crippen LogP contribution in [0.4, 0.5) is 5.69 Å². The van der Waals surface area contributed by atoms with Gasteiger partial charge in [0.25, 0.3) is 0 Å². The third-order valence-corrected chi connectivity index (χ3v) is 8.35. The van der Waals surface area contributed by atoms with Crippen LogP contribution in [0, 0.1) is 0 Å². The third kappa shape index (κ3) is 6.72. The molecule has 1 unspecified atom stereocenters. The van der Waals surface area contributed by atoms with E-state index in [9.17, 15) is 4.79 Å². The van der Waals surface area contributed by atoms with Crippen molar-refractivity contribution in [2.45, 2.75) is 64.6 Å². The van der Waals surface area contributed by atoms with Gasteiger partial charge in [0.2, 0.25) is 5.91 Å². The maximum absolute atomic E-state index is 14.5. The van der Waals surface area contributed by atoms with Crippen LogP contribution in [0.3, 0.4) is 0 Å². The van der Waals surface area contributed by atoms with Crippen LogP contribution in [0.15, 0.2) is 116 Å². The van der Waals surface area contributed by atoms with Gasteiger partial charge in [-0.05, 0) is 71.2 Å². The Bertz CT molecular complexity index is 1640. The summed E-state index contributed by atoms with van der Waals surface area (Å²) in [6, 6.07) is 35.2. The van der Waals surface area contributed by atoms with E-state index in [1.165, 1.54) is 11.1 Å². The molecule has 1 atom stereocenters. The third-order valence-electron chi connectivity index (χ3n) is 8.35. The highest BCUT2D eigenvalue weighted by Gasteiger charge is 2.32. The number of hydrogen-bond acceptors (Lipinski definition) is 3. The molecule has 0 saturated heterocycles. The van der Waals surface area contributed by atoms with Gasteiger partial charge >= 0.3 is 0 Å².